The highest BCUT2D eigenvalue weighted by Gasteiger charge is 2.40. The minimum atomic E-state index is 0.159. The van der Waals surface area contributed by atoms with Crippen LogP contribution in [0.15, 0.2) is 0 Å². The molecule has 2 aliphatic heterocycles. The van der Waals surface area contributed by atoms with Crippen molar-refractivity contribution >= 4 is 0 Å². The Hall–Kier alpha value is -0.120. The van der Waals surface area contributed by atoms with Gasteiger partial charge in [0.25, 0.3) is 0 Å². The van der Waals surface area contributed by atoms with Crippen molar-refractivity contribution in [3.05, 3.63) is 0 Å². The Bertz CT molecular complexity index is 236. The number of hydrogen-bond donors (Lipinski definition) is 1. The molecule has 2 rings (SSSR count). The Morgan fingerprint density at radius 2 is 2.18 bits per heavy atom. The van der Waals surface area contributed by atoms with E-state index in [4.69, 9.17) is 10.5 Å². The predicted molar refractivity (Wildman–Crippen MR) is 71.0 cm³/mol. The van der Waals surface area contributed by atoms with Gasteiger partial charge in [0.15, 0.2) is 0 Å². The topological polar surface area (TPSA) is 38.5 Å². The SMILES string of the molecule is CC(C)C1CCCN(C2(CN)CCOC2)CC1. The van der Waals surface area contributed by atoms with E-state index in [1.807, 2.05) is 0 Å². The number of nitrogens with zero attached hydrogens (tertiary/aromatic N) is 1. The first kappa shape index (κ1) is 13.3. The van der Waals surface area contributed by atoms with Gasteiger partial charge in [0.05, 0.1) is 12.1 Å². The standard InChI is InChI=1S/C14H28N2O/c1-12(2)13-4-3-7-16(8-5-13)14(10-15)6-9-17-11-14/h12-13H,3-11,15H2,1-2H3. The molecule has 0 aromatic heterocycles. The lowest BCUT2D eigenvalue weighted by Gasteiger charge is -2.39. The fraction of sp³-hybridized carbons (Fsp3) is 1.00. The molecule has 2 fully saturated rings. The van der Waals surface area contributed by atoms with Crippen molar-refractivity contribution in [2.24, 2.45) is 17.6 Å². The summed E-state index contributed by atoms with van der Waals surface area (Å²) >= 11 is 0. The third-order valence-electron chi connectivity index (χ3n) is 4.85. The Kier molecular flexibility index (Phi) is 4.45. The molecule has 3 nitrogen and oxygen atoms in total. The molecule has 17 heavy (non-hydrogen) atoms. The van der Waals surface area contributed by atoms with Gasteiger partial charge in [0.1, 0.15) is 0 Å². The molecule has 2 unspecified atom stereocenters. The van der Waals surface area contributed by atoms with Gasteiger partial charge >= 0.3 is 0 Å². The van der Waals surface area contributed by atoms with Crippen molar-refractivity contribution in [3.8, 4) is 0 Å². The smallest absolute Gasteiger partial charge is 0.0663 e. The summed E-state index contributed by atoms with van der Waals surface area (Å²) in [4.78, 5) is 2.63. The monoisotopic (exact) mass is 240 g/mol. The molecule has 2 heterocycles. The molecule has 0 aliphatic carbocycles. The van der Waals surface area contributed by atoms with Gasteiger partial charge in [-0.1, -0.05) is 13.8 Å². The number of ether oxygens (including phenoxy) is 1. The summed E-state index contributed by atoms with van der Waals surface area (Å²) in [7, 11) is 0. The molecule has 0 aromatic carbocycles. The van der Waals surface area contributed by atoms with E-state index in [0.717, 1.165) is 38.0 Å². The van der Waals surface area contributed by atoms with Gasteiger partial charge in [-0.25, -0.2) is 0 Å². The molecule has 2 aliphatic rings. The summed E-state index contributed by atoms with van der Waals surface area (Å²) in [6.45, 7) is 9.62. The van der Waals surface area contributed by atoms with Crippen LogP contribution >= 0.6 is 0 Å². The van der Waals surface area contributed by atoms with E-state index in [-0.39, 0.29) is 5.54 Å². The summed E-state index contributed by atoms with van der Waals surface area (Å²) in [5.74, 6) is 1.72. The van der Waals surface area contributed by atoms with E-state index in [1.54, 1.807) is 0 Å². The zero-order valence-corrected chi connectivity index (χ0v) is 11.5. The normalized spacial score (nSPS) is 36.4. The van der Waals surface area contributed by atoms with E-state index in [2.05, 4.69) is 18.7 Å². The number of hydrogen-bond acceptors (Lipinski definition) is 3. The van der Waals surface area contributed by atoms with Gasteiger partial charge in [-0.2, -0.15) is 0 Å². The van der Waals surface area contributed by atoms with Crippen molar-refractivity contribution in [2.45, 2.75) is 45.1 Å². The maximum absolute atomic E-state index is 6.02. The Labute approximate surface area is 106 Å². The third-order valence-corrected chi connectivity index (χ3v) is 4.85. The summed E-state index contributed by atoms with van der Waals surface area (Å²) in [5.41, 5.74) is 6.18. The van der Waals surface area contributed by atoms with Crippen molar-refractivity contribution in [1.82, 2.24) is 4.90 Å². The van der Waals surface area contributed by atoms with Crippen LogP contribution in [0.25, 0.3) is 0 Å². The molecule has 0 amide bonds. The molecule has 0 spiro atoms. The summed E-state index contributed by atoms with van der Waals surface area (Å²) in [6, 6.07) is 0. The van der Waals surface area contributed by atoms with Crippen LogP contribution in [0, 0.1) is 11.8 Å². The molecule has 0 aromatic rings. The molecular weight excluding hydrogens is 212 g/mol. The molecule has 0 saturated carbocycles. The molecular formula is C14H28N2O. The van der Waals surface area contributed by atoms with Gasteiger partial charge in [-0.05, 0) is 50.6 Å². The maximum Gasteiger partial charge on any atom is 0.0663 e. The van der Waals surface area contributed by atoms with Gasteiger partial charge in [-0.15, -0.1) is 0 Å². The van der Waals surface area contributed by atoms with Crippen LogP contribution in [-0.4, -0.2) is 43.3 Å². The molecule has 3 heteroatoms. The van der Waals surface area contributed by atoms with Gasteiger partial charge < -0.3 is 10.5 Å². The molecule has 2 N–H and O–H groups in total. The maximum atomic E-state index is 6.02. The third kappa shape index (κ3) is 2.83. The van der Waals surface area contributed by atoms with E-state index in [1.165, 1.54) is 32.4 Å². The number of nitrogens with two attached hydrogens (primary N) is 1. The zero-order valence-electron chi connectivity index (χ0n) is 11.5. The first-order chi connectivity index (χ1) is 8.18. The van der Waals surface area contributed by atoms with Crippen LogP contribution in [0.1, 0.15) is 39.5 Å². The molecule has 2 saturated heterocycles. The minimum absolute atomic E-state index is 0.159. The summed E-state index contributed by atoms with van der Waals surface area (Å²) in [5, 5.41) is 0. The Morgan fingerprint density at radius 1 is 1.35 bits per heavy atom. The van der Waals surface area contributed by atoms with Crippen molar-refractivity contribution in [1.29, 1.82) is 0 Å². The van der Waals surface area contributed by atoms with Gasteiger partial charge in [-0.3, -0.25) is 4.90 Å². The average molecular weight is 240 g/mol. The highest BCUT2D eigenvalue weighted by atomic mass is 16.5. The second-order valence-electron chi connectivity index (χ2n) is 6.15. The number of likely N-dealkylation sites (tertiary alicyclic amines) is 1. The molecule has 100 valence electrons. The number of rotatable bonds is 3. The Balaban J connectivity index is 1.97. The quantitative estimate of drug-likeness (QED) is 0.818. The van der Waals surface area contributed by atoms with Crippen LogP contribution in [0.3, 0.4) is 0 Å². The second-order valence-corrected chi connectivity index (χ2v) is 6.15. The van der Waals surface area contributed by atoms with Crippen molar-refractivity contribution in [3.63, 3.8) is 0 Å². The minimum Gasteiger partial charge on any atom is -0.379 e. The van der Waals surface area contributed by atoms with E-state index in [9.17, 15) is 0 Å². The lowest BCUT2D eigenvalue weighted by atomic mass is 9.89. The van der Waals surface area contributed by atoms with Crippen LogP contribution in [-0.2, 0) is 4.74 Å². The van der Waals surface area contributed by atoms with E-state index < -0.39 is 0 Å². The van der Waals surface area contributed by atoms with Gasteiger partial charge in [0.2, 0.25) is 0 Å². The first-order valence-corrected chi connectivity index (χ1v) is 7.21. The zero-order chi connectivity index (χ0) is 12.3. The van der Waals surface area contributed by atoms with Gasteiger partial charge in [0, 0.05) is 13.2 Å². The largest absolute Gasteiger partial charge is 0.379 e. The fourth-order valence-corrected chi connectivity index (χ4v) is 3.40. The summed E-state index contributed by atoms with van der Waals surface area (Å²) < 4.78 is 5.60. The molecule has 0 radical (unpaired) electrons. The Morgan fingerprint density at radius 3 is 2.76 bits per heavy atom. The fourth-order valence-electron chi connectivity index (χ4n) is 3.40. The lowest BCUT2D eigenvalue weighted by molar-refractivity contribution is 0.0732. The summed E-state index contributed by atoms with van der Waals surface area (Å²) in [6.07, 6.45) is 5.16. The average Bonchev–Trinajstić information content (AvgIpc) is 2.66. The molecule has 2 atom stereocenters. The highest BCUT2D eigenvalue weighted by Crippen LogP contribution is 2.31. The van der Waals surface area contributed by atoms with Crippen molar-refractivity contribution < 1.29 is 4.74 Å². The van der Waals surface area contributed by atoms with Crippen molar-refractivity contribution in [2.75, 3.05) is 32.8 Å². The highest BCUT2D eigenvalue weighted by molar-refractivity contribution is 4.96. The van der Waals surface area contributed by atoms with E-state index >= 15 is 0 Å². The van der Waals surface area contributed by atoms with Crippen LogP contribution in [0.4, 0.5) is 0 Å². The van der Waals surface area contributed by atoms with E-state index in [0.29, 0.717) is 0 Å². The lowest BCUT2D eigenvalue weighted by Crippen LogP contribution is -2.54. The van der Waals surface area contributed by atoms with Crippen LogP contribution in [0.2, 0.25) is 0 Å². The van der Waals surface area contributed by atoms with Crippen LogP contribution in [0.5, 0.6) is 0 Å². The predicted octanol–water partition coefficient (Wildman–Crippen LogP) is 1.86. The van der Waals surface area contributed by atoms with Crippen LogP contribution < -0.4 is 5.73 Å². The molecule has 0 bridgehead atoms. The second kappa shape index (κ2) is 5.68. The first-order valence-electron chi connectivity index (χ1n) is 7.21.